The van der Waals surface area contributed by atoms with Crippen LogP contribution in [-0.4, -0.2) is 46.9 Å². The number of hydrogen-bond donors (Lipinski definition) is 0. The Labute approximate surface area is 138 Å². The van der Waals surface area contributed by atoms with Gasteiger partial charge in [-0.3, -0.25) is 9.69 Å². The quantitative estimate of drug-likeness (QED) is 0.691. The normalized spacial score (nSPS) is 16.0. The van der Waals surface area contributed by atoms with Crippen molar-refractivity contribution in [3.8, 4) is 11.4 Å². The number of pyridine rings is 1. The molecule has 1 saturated heterocycles. The van der Waals surface area contributed by atoms with E-state index in [1.54, 1.807) is 11.3 Å². The highest BCUT2D eigenvalue weighted by Crippen LogP contribution is 2.28. The highest BCUT2D eigenvalue weighted by Gasteiger charge is 2.17. The monoisotopic (exact) mass is 327 g/mol. The van der Waals surface area contributed by atoms with Gasteiger partial charge in [0, 0.05) is 35.7 Å². The van der Waals surface area contributed by atoms with Crippen molar-refractivity contribution in [3.05, 3.63) is 46.4 Å². The zero-order valence-corrected chi connectivity index (χ0v) is 13.5. The first-order chi connectivity index (χ1) is 11.3. The molecule has 1 aliphatic heterocycles. The Hall–Kier alpha value is -2.02. The van der Waals surface area contributed by atoms with Gasteiger partial charge in [0.15, 0.2) is 6.29 Å². The fraction of sp³-hybridized carbons (Fsp3) is 0.294. The number of hydrogen-bond acceptors (Lipinski definition) is 5. The SMILES string of the molecule is O=Cc1cc2ccccn2c1-c1csc(CN2CCOCC2)n1. The van der Waals surface area contributed by atoms with Crippen LogP contribution in [0.3, 0.4) is 0 Å². The van der Waals surface area contributed by atoms with Crippen LogP contribution >= 0.6 is 11.3 Å². The molecule has 0 saturated carbocycles. The summed E-state index contributed by atoms with van der Waals surface area (Å²) in [5.41, 5.74) is 3.43. The molecule has 0 unspecified atom stereocenters. The average Bonchev–Trinajstić information content (AvgIpc) is 3.19. The predicted molar refractivity (Wildman–Crippen MR) is 90.0 cm³/mol. The second-order valence-corrected chi connectivity index (χ2v) is 6.52. The fourth-order valence-corrected chi connectivity index (χ4v) is 3.77. The number of morpholine rings is 1. The number of rotatable bonds is 4. The van der Waals surface area contributed by atoms with E-state index in [4.69, 9.17) is 9.72 Å². The Balaban J connectivity index is 1.67. The number of thiazole rings is 1. The van der Waals surface area contributed by atoms with Crippen molar-refractivity contribution in [2.75, 3.05) is 26.3 Å². The van der Waals surface area contributed by atoms with Crippen molar-refractivity contribution in [1.82, 2.24) is 14.3 Å². The lowest BCUT2D eigenvalue weighted by molar-refractivity contribution is 0.0342. The van der Waals surface area contributed by atoms with Crippen molar-refractivity contribution in [1.29, 1.82) is 0 Å². The van der Waals surface area contributed by atoms with Crippen LogP contribution in [0.15, 0.2) is 35.8 Å². The number of ether oxygens (including phenoxy) is 1. The highest BCUT2D eigenvalue weighted by molar-refractivity contribution is 7.09. The highest BCUT2D eigenvalue weighted by atomic mass is 32.1. The van der Waals surface area contributed by atoms with Crippen LogP contribution in [0.2, 0.25) is 0 Å². The Morgan fingerprint density at radius 3 is 3.00 bits per heavy atom. The molecule has 4 rings (SSSR count). The maximum atomic E-state index is 11.4. The van der Waals surface area contributed by atoms with Crippen LogP contribution < -0.4 is 0 Å². The Morgan fingerprint density at radius 2 is 2.17 bits per heavy atom. The van der Waals surface area contributed by atoms with Crippen LogP contribution in [0.4, 0.5) is 0 Å². The third-order valence-corrected chi connectivity index (χ3v) is 4.93. The van der Waals surface area contributed by atoms with E-state index in [0.717, 1.165) is 61.0 Å². The second kappa shape index (κ2) is 6.23. The van der Waals surface area contributed by atoms with E-state index in [-0.39, 0.29) is 0 Å². The van der Waals surface area contributed by atoms with Crippen LogP contribution in [-0.2, 0) is 11.3 Å². The van der Waals surface area contributed by atoms with E-state index in [0.29, 0.717) is 5.56 Å². The van der Waals surface area contributed by atoms with Crippen molar-refractivity contribution in [2.24, 2.45) is 0 Å². The summed E-state index contributed by atoms with van der Waals surface area (Å²) in [4.78, 5) is 18.5. The van der Waals surface area contributed by atoms with Crippen molar-refractivity contribution in [3.63, 3.8) is 0 Å². The summed E-state index contributed by atoms with van der Waals surface area (Å²) in [6.45, 7) is 4.31. The minimum Gasteiger partial charge on any atom is -0.379 e. The summed E-state index contributed by atoms with van der Waals surface area (Å²) >= 11 is 1.65. The van der Waals surface area contributed by atoms with Crippen molar-refractivity contribution in [2.45, 2.75) is 6.54 Å². The Morgan fingerprint density at radius 1 is 1.30 bits per heavy atom. The molecule has 1 aliphatic rings. The van der Waals surface area contributed by atoms with Gasteiger partial charge < -0.3 is 9.14 Å². The van der Waals surface area contributed by atoms with Gasteiger partial charge in [0.1, 0.15) is 5.01 Å². The molecule has 118 valence electrons. The second-order valence-electron chi connectivity index (χ2n) is 5.58. The molecular weight excluding hydrogens is 310 g/mol. The Kier molecular flexibility index (Phi) is 3.95. The molecule has 0 radical (unpaired) electrons. The molecule has 0 bridgehead atoms. The topological polar surface area (TPSA) is 46.8 Å². The van der Waals surface area contributed by atoms with Gasteiger partial charge >= 0.3 is 0 Å². The molecule has 6 heteroatoms. The van der Waals surface area contributed by atoms with Crippen molar-refractivity contribution >= 4 is 23.1 Å². The van der Waals surface area contributed by atoms with Crippen LogP contribution in [0.1, 0.15) is 15.4 Å². The molecule has 23 heavy (non-hydrogen) atoms. The van der Waals surface area contributed by atoms with Gasteiger partial charge in [-0.2, -0.15) is 0 Å². The molecule has 3 aromatic rings. The maximum Gasteiger partial charge on any atom is 0.152 e. The molecular formula is C17H17N3O2S. The van der Waals surface area contributed by atoms with Gasteiger partial charge in [-0.05, 0) is 18.2 Å². The van der Waals surface area contributed by atoms with Gasteiger partial charge in [0.05, 0.1) is 31.1 Å². The van der Waals surface area contributed by atoms with Crippen molar-refractivity contribution < 1.29 is 9.53 Å². The summed E-state index contributed by atoms with van der Waals surface area (Å²) in [6.07, 6.45) is 2.88. The van der Waals surface area contributed by atoms with Gasteiger partial charge in [0.2, 0.25) is 0 Å². The molecule has 5 nitrogen and oxygen atoms in total. The molecule has 0 amide bonds. The van der Waals surface area contributed by atoms with E-state index < -0.39 is 0 Å². The zero-order valence-electron chi connectivity index (χ0n) is 12.6. The standard InChI is InChI=1S/C17H17N3O2S/c21-11-13-9-14-3-1-2-4-20(14)17(13)15-12-23-16(18-15)10-19-5-7-22-8-6-19/h1-4,9,11-12H,5-8,10H2. The minimum atomic E-state index is 0.680. The number of nitrogens with zero attached hydrogens (tertiary/aromatic N) is 3. The molecule has 0 N–H and O–H groups in total. The number of aldehydes is 1. The van der Waals surface area contributed by atoms with Crippen LogP contribution in [0, 0.1) is 0 Å². The Bertz CT molecular complexity index is 833. The first kappa shape index (κ1) is 14.6. The van der Waals surface area contributed by atoms with Gasteiger partial charge in [0.25, 0.3) is 0 Å². The lowest BCUT2D eigenvalue weighted by Gasteiger charge is -2.25. The zero-order chi connectivity index (χ0) is 15.6. The average molecular weight is 327 g/mol. The van der Waals surface area contributed by atoms with E-state index in [1.807, 2.05) is 40.2 Å². The molecule has 0 aromatic carbocycles. The van der Waals surface area contributed by atoms with Gasteiger partial charge in [-0.25, -0.2) is 4.98 Å². The predicted octanol–water partition coefficient (Wildman–Crippen LogP) is 2.71. The molecule has 3 aromatic heterocycles. The summed E-state index contributed by atoms with van der Waals surface area (Å²) in [5, 5.41) is 3.11. The summed E-state index contributed by atoms with van der Waals surface area (Å²) in [7, 11) is 0. The smallest absolute Gasteiger partial charge is 0.152 e. The van der Waals surface area contributed by atoms with Crippen LogP contribution in [0.5, 0.6) is 0 Å². The number of fused-ring (bicyclic) bond motifs is 1. The largest absolute Gasteiger partial charge is 0.379 e. The van der Waals surface area contributed by atoms with E-state index in [2.05, 4.69) is 4.90 Å². The minimum absolute atomic E-state index is 0.680. The third-order valence-electron chi connectivity index (χ3n) is 4.09. The first-order valence-corrected chi connectivity index (χ1v) is 8.53. The van der Waals surface area contributed by atoms with Gasteiger partial charge in [-0.15, -0.1) is 11.3 Å². The van der Waals surface area contributed by atoms with E-state index in [9.17, 15) is 4.79 Å². The van der Waals surface area contributed by atoms with E-state index >= 15 is 0 Å². The first-order valence-electron chi connectivity index (χ1n) is 7.65. The summed E-state index contributed by atoms with van der Waals surface area (Å²) < 4.78 is 7.40. The molecule has 4 heterocycles. The molecule has 1 fully saturated rings. The summed E-state index contributed by atoms with van der Waals surface area (Å²) in [5.74, 6) is 0. The summed E-state index contributed by atoms with van der Waals surface area (Å²) in [6, 6.07) is 7.84. The number of aromatic nitrogens is 2. The lowest BCUT2D eigenvalue weighted by atomic mass is 10.2. The van der Waals surface area contributed by atoms with E-state index in [1.165, 1.54) is 0 Å². The molecule has 0 atom stereocenters. The number of carbonyl (C=O) groups excluding carboxylic acids is 1. The number of carbonyl (C=O) groups is 1. The third kappa shape index (κ3) is 2.81. The molecule has 0 spiro atoms. The fourth-order valence-electron chi connectivity index (χ4n) is 2.95. The maximum absolute atomic E-state index is 11.4. The lowest BCUT2D eigenvalue weighted by Crippen LogP contribution is -2.35. The van der Waals surface area contributed by atoms with Gasteiger partial charge in [-0.1, -0.05) is 6.07 Å². The molecule has 0 aliphatic carbocycles. The van der Waals surface area contributed by atoms with Crippen LogP contribution in [0.25, 0.3) is 16.9 Å².